The highest BCUT2D eigenvalue weighted by Gasteiger charge is 2.59. The molecule has 7 nitrogen and oxygen atoms in total. The molecule has 1 aromatic carbocycles. The van der Waals surface area contributed by atoms with E-state index in [4.69, 9.17) is 0 Å². The molecule has 3 aliphatic rings. The Morgan fingerprint density at radius 3 is 2.31 bits per heavy atom. The van der Waals surface area contributed by atoms with Crippen LogP contribution in [0.1, 0.15) is 36.6 Å². The zero-order valence-corrected chi connectivity index (χ0v) is 20.1. The van der Waals surface area contributed by atoms with Crippen LogP contribution in [0.2, 0.25) is 0 Å². The van der Waals surface area contributed by atoms with Gasteiger partial charge in [0, 0.05) is 50.3 Å². The summed E-state index contributed by atoms with van der Waals surface area (Å²) < 4.78 is 2.12. The summed E-state index contributed by atoms with van der Waals surface area (Å²) in [6.45, 7) is 4.90. The molecule has 2 fully saturated rings. The Morgan fingerprint density at radius 1 is 0.943 bits per heavy atom. The molecular weight excluding hydrogens is 438 g/mol. The maximum absolute atomic E-state index is 13.9. The van der Waals surface area contributed by atoms with Crippen LogP contribution >= 0.6 is 0 Å². The number of carbonyl (C=O) groups excluding carboxylic acids is 2. The van der Waals surface area contributed by atoms with E-state index in [1.807, 2.05) is 54.4 Å². The van der Waals surface area contributed by atoms with Gasteiger partial charge in [0.05, 0.1) is 0 Å². The summed E-state index contributed by atoms with van der Waals surface area (Å²) in [5.41, 5.74) is 2.98. The van der Waals surface area contributed by atoms with Gasteiger partial charge in [0.1, 0.15) is 11.4 Å². The second-order valence-corrected chi connectivity index (χ2v) is 9.90. The quantitative estimate of drug-likeness (QED) is 0.535. The van der Waals surface area contributed by atoms with Gasteiger partial charge in [-0.2, -0.15) is 0 Å². The number of aromatic nitrogens is 2. The molecule has 0 saturated carbocycles. The predicted octanol–water partition coefficient (Wildman–Crippen LogP) is 3.66. The highest BCUT2D eigenvalue weighted by atomic mass is 16.2. The summed E-state index contributed by atoms with van der Waals surface area (Å²) in [7, 11) is 0. The van der Waals surface area contributed by atoms with Crippen LogP contribution in [0.25, 0.3) is 5.82 Å². The van der Waals surface area contributed by atoms with E-state index in [1.54, 1.807) is 11.1 Å². The Labute approximate surface area is 206 Å². The third-order valence-corrected chi connectivity index (χ3v) is 8.08. The van der Waals surface area contributed by atoms with Crippen LogP contribution in [0.3, 0.4) is 0 Å². The molecule has 0 atom stereocenters. The highest BCUT2D eigenvalue weighted by Crippen LogP contribution is 2.40. The second-order valence-electron chi connectivity index (χ2n) is 9.90. The molecule has 35 heavy (non-hydrogen) atoms. The minimum Gasteiger partial charge on any atom is -0.310 e. The van der Waals surface area contributed by atoms with Crippen molar-refractivity contribution in [2.24, 2.45) is 0 Å². The van der Waals surface area contributed by atoms with Crippen LogP contribution in [0.15, 0.2) is 67.0 Å². The smallest absolute Gasteiger partial charge is 0.310 e. The Morgan fingerprint density at radius 2 is 1.66 bits per heavy atom. The van der Waals surface area contributed by atoms with Crippen LogP contribution in [0.4, 0.5) is 4.79 Å². The standard InChI is InChI=1S/C28H31N5O2/c1-2-32-27(35)33(24-18-21-8-3-4-9-22(21)19-24)26(34)28(32)12-16-30(17-13-28)20-23-10-7-15-31(23)25-11-5-6-14-29-25/h3-11,14-15,24H,2,12-13,16-20H2,1H3. The van der Waals surface area contributed by atoms with Crippen molar-refractivity contribution in [2.75, 3.05) is 19.6 Å². The van der Waals surface area contributed by atoms with Gasteiger partial charge in [0.2, 0.25) is 0 Å². The normalized spacial score (nSPS) is 20.3. The Bertz CT molecular complexity index is 1220. The van der Waals surface area contributed by atoms with E-state index in [1.165, 1.54) is 16.8 Å². The number of amides is 3. The second kappa shape index (κ2) is 8.64. The fourth-order valence-corrected chi connectivity index (χ4v) is 6.28. The monoisotopic (exact) mass is 469 g/mol. The lowest BCUT2D eigenvalue weighted by atomic mass is 9.85. The van der Waals surface area contributed by atoms with Gasteiger partial charge < -0.3 is 9.47 Å². The van der Waals surface area contributed by atoms with Gasteiger partial charge in [-0.1, -0.05) is 30.3 Å². The minimum absolute atomic E-state index is 0.0127. The fraction of sp³-hybridized carbons (Fsp3) is 0.393. The number of rotatable bonds is 5. The number of fused-ring (bicyclic) bond motifs is 1. The molecule has 0 radical (unpaired) electrons. The van der Waals surface area contributed by atoms with Crippen LogP contribution in [-0.4, -0.2) is 67.4 Å². The Balaban J connectivity index is 1.18. The van der Waals surface area contributed by atoms with E-state index < -0.39 is 5.54 Å². The molecule has 1 aliphatic carbocycles. The lowest BCUT2D eigenvalue weighted by Crippen LogP contribution is -2.56. The molecule has 0 N–H and O–H groups in total. The van der Waals surface area contributed by atoms with Crippen molar-refractivity contribution >= 4 is 11.9 Å². The van der Waals surface area contributed by atoms with E-state index in [2.05, 4.69) is 32.7 Å². The average molecular weight is 470 g/mol. The van der Waals surface area contributed by atoms with Crippen LogP contribution < -0.4 is 0 Å². The predicted molar refractivity (Wildman–Crippen MR) is 133 cm³/mol. The highest BCUT2D eigenvalue weighted by molar-refractivity contribution is 6.07. The first-order chi connectivity index (χ1) is 17.1. The Hall–Kier alpha value is -3.45. The number of benzene rings is 1. The van der Waals surface area contributed by atoms with Crippen LogP contribution in [0.5, 0.6) is 0 Å². The molecule has 2 saturated heterocycles. The average Bonchev–Trinajstić information content (AvgIpc) is 3.57. The number of imide groups is 1. The van der Waals surface area contributed by atoms with Gasteiger partial charge in [-0.15, -0.1) is 0 Å². The SMILES string of the molecule is CCN1C(=O)N(C2Cc3ccccc3C2)C(=O)C12CCN(Cc1cccn1-c1ccccn1)CC2. The maximum atomic E-state index is 13.9. The molecule has 3 amide bonds. The molecule has 4 heterocycles. The first-order valence-electron chi connectivity index (χ1n) is 12.6. The van der Waals surface area contributed by atoms with Crippen molar-refractivity contribution in [2.45, 2.75) is 50.7 Å². The molecule has 2 aromatic heterocycles. The molecule has 6 rings (SSSR count). The number of pyridine rings is 1. The van der Waals surface area contributed by atoms with Crippen molar-refractivity contribution in [3.05, 3.63) is 83.8 Å². The number of nitrogens with zero attached hydrogens (tertiary/aromatic N) is 5. The zero-order chi connectivity index (χ0) is 24.0. The van der Waals surface area contributed by atoms with E-state index >= 15 is 0 Å². The van der Waals surface area contributed by atoms with Crippen LogP contribution in [-0.2, 0) is 24.2 Å². The molecule has 0 unspecified atom stereocenters. The summed E-state index contributed by atoms with van der Waals surface area (Å²) in [5.74, 6) is 0.918. The van der Waals surface area contributed by atoms with Gasteiger partial charge in [-0.3, -0.25) is 14.6 Å². The third-order valence-electron chi connectivity index (χ3n) is 8.08. The van der Waals surface area contributed by atoms with Crippen molar-refractivity contribution in [1.82, 2.24) is 24.3 Å². The molecule has 2 aliphatic heterocycles. The largest absolute Gasteiger partial charge is 0.327 e. The number of likely N-dealkylation sites (tertiary alicyclic amines) is 1. The summed E-state index contributed by atoms with van der Waals surface area (Å²) in [5, 5.41) is 0. The molecular formula is C28H31N5O2. The van der Waals surface area contributed by atoms with Crippen molar-refractivity contribution in [3.63, 3.8) is 0 Å². The van der Waals surface area contributed by atoms with Gasteiger partial charge in [-0.05, 0) is 68.0 Å². The van der Waals surface area contributed by atoms with E-state index in [0.29, 0.717) is 19.4 Å². The number of piperidine rings is 1. The first kappa shape index (κ1) is 22.0. The Kier molecular flexibility index (Phi) is 5.44. The lowest BCUT2D eigenvalue weighted by molar-refractivity contribution is -0.137. The molecule has 180 valence electrons. The summed E-state index contributed by atoms with van der Waals surface area (Å²) >= 11 is 0. The van der Waals surface area contributed by atoms with Crippen molar-refractivity contribution in [3.8, 4) is 5.82 Å². The summed E-state index contributed by atoms with van der Waals surface area (Å²) in [6, 6.07) is 18.2. The fourth-order valence-electron chi connectivity index (χ4n) is 6.28. The van der Waals surface area contributed by atoms with Gasteiger partial charge >= 0.3 is 6.03 Å². The maximum Gasteiger partial charge on any atom is 0.327 e. The first-order valence-corrected chi connectivity index (χ1v) is 12.6. The molecule has 3 aromatic rings. The minimum atomic E-state index is -0.708. The molecule has 7 heteroatoms. The number of carbonyl (C=O) groups is 2. The van der Waals surface area contributed by atoms with E-state index in [0.717, 1.165) is 38.3 Å². The van der Waals surface area contributed by atoms with Crippen LogP contribution in [0, 0.1) is 0 Å². The molecule has 0 bridgehead atoms. The zero-order valence-electron chi connectivity index (χ0n) is 20.1. The number of urea groups is 1. The topological polar surface area (TPSA) is 61.7 Å². The lowest BCUT2D eigenvalue weighted by Gasteiger charge is -2.42. The third kappa shape index (κ3) is 3.57. The van der Waals surface area contributed by atoms with E-state index in [-0.39, 0.29) is 18.0 Å². The number of hydrogen-bond acceptors (Lipinski definition) is 4. The van der Waals surface area contributed by atoms with Gasteiger partial charge in [0.15, 0.2) is 0 Å². The molecule has 1 spiro atoms. The van der Waals surface area contributed by atoms with Crippen molar-refractivity contribution < 1.29 is 9.59 Å². The number of hydrogen-bond donors (Lipinski definition) is 0. The number of likely N-dealkylation sites (N-methyl/N-ethyl adjacent to an activating group) is 1. The van der Waals surface area contributed by atoms with Gasteiger partial charge in [-0.25, -0.2) is 9.78 Å². The van der Waals surface area contributed by atoms with Gasteiger partial charge in [0.25, 0.3) is 5.91 Å². The van der Waals surface area contributed by atoms with Crippen molar-refractivity contribution in [1.29, 1.82) is 0 Å². The summed E-state index contributed by atoms with van der Waals surface area (Å²) in [6.07, 6.45) is 6.71. The van der Waals surface area contributed by atoms with E-state index in [9.17, 15) is 9.59 Å². The summed E-state index contributed by atoms with van der Waals surface area (Å²) in [4.78, 5) is 37.7.